The van der Waals surface area contributed by atoms with Crippen LogP contribution < -0.4 is 0 Å². The third kappa shape index (κ3) is 3.29. The summed E-state index contributed by atoms with van der Waals surface area (Å²) in [4.78, 5) is 15.7. The maximum atomic E-state index is 11.6. The van der Waals surface area contributed by atoms with Gasteiger partial charge in [0.2, 0.25) is 0 Å². The van der Waals surface area contributed by atoms with Gasteiger partial charge in [-0.15, -0.1) is 0 Å². The van der Waals surface area contributed by atoms with E-state index in [9.17, 15) is 4.79 Å². The number of rotatable bonds is 6. The third-order valence-electron chi connectivity index (χ3n) is 3.31. The molecule has 0 aliphatic heterocycles. The predicted molar refractivity (Wildman–Crippen MR) is 66.9 cm³/mol. The number of aromatic nitrogens is 1. The standard InChI is InChI=1S/C14H19NO3/c1-2-18-14(17)8-13(10-3-4-10)11-5-6-15-12(7-11)9-16/h5-7,10,13,16H,2-4,8-9H2,1H3. The molecule has 4 nitrogen and oxygen atoms in total. The summed E-state index contributed by atoms with van der Waals surface area (Å²) in [5, 5.41) is 9.11. The van der Waals surface area contributed by atoms with Crippen LogP contribution in [0.25, 0.3) is 0 Å². The van der Waals surface area contributed by atoms with Crippen LogP contribution in [0, 0.1) is 5.92 Å². The van der Waals surface area contributed by atoms with E-state index in [0.717, 1.165) is 5.56 Å². The molecule has 1 aromatic rings. The smallest absolute Gasteiger partial charge is 0.306 e. The molecule has 18 heavy (non-hydrogen) atoms. The fourth-order valence-corrected chi connectivity index (χ4v) is 2.27. The Balaban J connectivity index is 2.11. The first-order valence-electron chi connectivity index (χ1n) is 6.46. The molecule has 1 aliphatic carbocycles. The average molecular weight is 249 g/mol. The van der Waals surface area contributed by atoms with Crippen LogP contribution in [0.3, 0.4) is 0 Å². The highest BCUT2D eigenvalue weighted by molar-refractivity contribution is 5.70. The van der Waals surface area contributed by atoms with E-state index >= 15 is 0 Å². The van der Waals surface area contributed by atoms with E-state index in [1.807, 2.05) is 19.1 Å². The number of hydrogen-bond donors (Lipinski definition) is 1. The first-order valence-corrected chi connectivity index (χ1v) is 6.46. The summed E-state index contributed by atoms with van der Waals surface area (Å²) in [6.45, 7) is 2.18. The number of aliphatic hydroxyl groups is 1. The quantitative estimate of drug-likeness (QED) is 0.784. The van der Waals surface area contributed by atoms with Crippen LogP contribution in [0.2, 0.25) is 0 Å². The van der Waals surface area contributed by atoms with Gasteiger partial charge >= 0.3 is 5.97 Å². The molecule has 1 N–H and O–H groups in total. The summed E-state index contributed by atoms with van der Waals surface area (Å²) >= 11 is 0. The minimum absolute atomic E-state index is 0.0648. The topological polar surface area (TPSA) is 59.4 Å². The van der Waals surface area contributed by atoms with Gasteiger partial charge in [0.05, 0.1) is 25.3 Å². The summed E-state index contributed by atoms with van der Waals surface area (Å²) in [5.74, 6) is 0.637. The zero-order valence-corrected chi connectivity index (χ0v) is 10.6. The van der Waals surface area contributed by atoms with Crippen LogP contribution in [0.15, 0.2) is 18.3 Å². The van der Waals surface area contributed by atoms with E-state index < -0.39 is 0 Å². The zero-order valence-electron chi connectivity index (χ0n) is 10.6. The molecule has 1 unspecified atom stereocenters. The van der Waals surface area contributed by atoms with Crippen molar-refractivity contribution in [3.8, 4) is 0 Å². The molecular weight excluding hydrogens is 230 g/mol. The molecule has 0 spiro atoms. The second-order valence-corrected chi connectivity index (χ2v) is 4.69. The van der Waals surface area contributed by atoms with Crippen LogP contribution in [-0.4, -0.2) is 22.7 Å². The molecule has 1 atom stereocenters. The highest BCUT2D eigenvalue weighted by atomic mass is 16.5. The van der Waals surface area contributed by atoms with Gasteiger partial charge in [0.15, 0.2) is 0 Å². The first-order chi connectivity index (χ1) is 8.74. The number of aliphatic hydroxyl groups excluding tert-OH is 1. The van der Waals surface area contributed by atoms with E-state index in [1.165, 1.54) is 12.8 Å². The number of carbonyl (C=O) groups is 1. The number of hydrogen-bond acceptors (Lipinski definition) is 4. The Labute approximate surface area is 107 Å². The number of nitrogens with zero attached hydrogens (tertiary/aromatic N) is 1. The van der Waals surface area contributed by atoms with Crippen molar-refractivity contribution in [2.45, 2.75) is 38.7 Å². The molecule has 0 radical (unpaired) electrons. The summed E-state index contributed by atoms with van der Waals surface area (Å²) < 4.78 is 5.02. The minimum Gasteiger partial charge on any atom is -0.466 e. The highest BCUT2D eigenvalue weighted by Gasteiger charge is 2.34. The average Bonchev–Trinajstić information content (AvgIpc) is 3.20. The van der Waals surface area contributed by atoms with Crippen molar-refractivity contribution in [2.24, 2.45) is 5.92 Å². The molecule has 1 fully saturated rings. The Morgan fingerprint density at radius 3 is 3.00 bits per heavy atom. The number of carbonyl (C=O) groups excluding carboxylic acids is 1. The molecule has 2 rings (SSSR count). The van der Waals surface area contributed by atoms with Gasteiger partial charge in [0.25, 0.3) is 0 Å². The Morgan fingerprint density at radius 1 is 1.61 bits per heavy atom. The Bertz CT molecular complexity index is 415. The van der Waals surface area contributed by atoms with Crippen molar-refractivity contribution in [3.63, 3.8) is 0 Å². The highest BCUT2D eigenvalue weighted by Crippen LogP contribution is 2.44. The molecule has 0 amide bonds. The van der Waals surface area contributed by atoms with Gasteiger partial charge in [-0.1, -0.05) is 0 Å². The molecule has 0 bridgehead atoms. The van der Waals surface area contributed by atoms with Gasteiger partial charge in [-0.3, -0.25) is 9.78 Å². The van der Waals surface area contributed by atoms with Crippen LogP contribution in [-0.2, 0) is 16.1 Å². The lowest BCUT2D eigenvalue weighted by molar-refractivity contribution is -0.143. The second-order valence-electron chi connectivity index (χ2n) is 4.69. The number of pyridine rings is 1. The molecule has 0 aromatic carbocycles. The van der Waals surface area contributed by atoms with E-state index in [1.54, 1.807) is 6.20 Å². The molecule has 4 heteroatoms. The number of ether oxygens (including phenoxy) is 1. The largest absolute Gasteiger partial charge is 0.466 e. The molecule has 0 saturated heterocycles. The van der Waals surface area contributed by atoms with E-state index in [2.05, 4.69) is 4.98 Å². The predicted octanol–water partition coefficient (Wildman–Crippen LogP) is 2.02. The van der Waals surface area contributed by atoms with Crippen LogP contribution >= 0.6 is 0 Å². The van der Waals surface area contributed by atoms with Gasteiger partial charge in [-0.2, -0.15) is 0 Å². The summed E-state index contributed by atoms with van der Waals surface area (Å²) in [7, 11) is 0. The van der Waals surface area contributed by atoms with Gasteiger partial charge in [-0.05, 0) is 49.3 Å². The van der Waals surface area contributed by atoms with Crippen molar-refractivity contribution in [2.75, 3.05) is 6.61 Å². The van der Waals surface area contributed by atoms with Gasteiger partial charge in [-0.25, -0.2) is 0 Å². The van der Waals surface area contributed by atoms with Crippen LogP contribution in [0.5, 0.6) is 0 Å². The van der Waals surface area contributed by atoms with E-state index in [-0.39, 0.29) is 18.5 Å². The first kappa shape index (κ1) is 13.0. The fourth-order valence-electron chi connectivity index (χ4n) is 2.27. The SMILES string of the molecule is CCOC(=O)CC(c1ccnc(CO)c1)C1CC1. The molecule has 98 valence electrons. The van der Waals surface area contributed by atoms with Gasteiger partial charge < -0.3 is 9.84 Å². The Kier molecular flexibility index (Phi) is 4.31. The lowest BCUT2D eigenvalue weighted by Gasteiger charge is -2.16. The Morgan fingerprint density at radius 2 is 2.39 bits per heavy atom. The fraction of sp³-hybridized carbons (Fsp3) is 0.571. The molecule has 1 saturated carbocycles. The van der Waals surface area contributed by atoms with Gasteiger partial charge in [0.1, 0.15) is 0 Å². The Hall–Kier alpha value is -1.42. The summed E-state index contributed by atoms with van der Waals surface area (Å²) in [6.07, 6.45) is 4.45. The number of esters is 1. The molecule has 1 heterocycles. The minimum atomic E-state index is -0.142. The van der Waals surface area contributed by atoms with E-state index in [0.29, 0.717) is 24.6 Å². The van der Waals surface area contributed by atoms with E-state index in [4.69, 9.17) is 9.84 Å². The molecule has 1 aromatic heterocycles. The maximum Gasteiger partial charge on any atom is 0.306 e. The normalized spacial score (nSPS) is 16.3. The zero-order chi connectivity index (χ0) is 13.0. The molecule has 1 aliphatic rings. The monoisotopic (exact) mass is 249 g/mol. The van der Waals surface area contributed by atoms with Crippen molar-refractivity contribution >= 4 is 5.97 Å². The van der Waals surface area contributed by atoms with Crippen molar-refractivity contribution < 1.29 is 14.6 Å². The van der Waals surface area contributed by atoms with Crippen molar-refractivity contribution in [1.29, 1.82) is 0 Å². The van der Waals surface area contributed by atoms with Crippen molar-refractivity contribution in [3.05, 3.63) is 29.6 Å². The third-order valence-corrected chi connectivity index (χ3v) is 3.31. The lowest BCUT2D eigenvalue weighted by Crippen LogP contribution is -2.12. The molecular formula is C14H19NO3. The lowest BCUT2D eigenvalue weighted by atomic mass is 9.91. The maximum absolute atomic E-state index is 11.6. The summed E-state index contributed by atoms with van der Waals surface area (Å²) in [5.41, 5.74) is 1.74. The summed E-state index contributed by atoms with van der Waals surface area (Å²) in [6, 6.07) is 3.82. The van der Waals surface area contributed by atoms with Crippen LogP contribution in [0.1, 0.15) is 43.4 Å². The second kappa shape index (κ2) is 5.96. The van der Waals surface area contributed by atoms with Gasteiger partial charge in [0, 0.05) is 6.20 Å². The van der Waals surface area contributed by atoms with Crippen molar-refractivity contribution in [1.82, 2.24) is 4.98 Å². The van der Waals surface area contributed by atoms with Crippen LogP contribution in [0.4, 0.5) is 0 Å².